The van der Waals surface area contributed by atoms with Crippen LogP contribution in [0.2, 0.25) is 0 Å². The van der Waals surface area contributed by atoms with Gasteiger partial charge in [-0.3, -0.25) is 0 Å². The van der Waals surface area contributed by atoms with Gasteiger partial charge in [0, 0.05) is 12.4 Å². The van der Waals surface area contributed by atoms with Gasteiger partial charge in [0.25, 0.3) is 5.82 Å². The quantitative estimate of drug-likeness (QED) is 0.312. The zero-order valence-electron chi connectivity index (χ0n) is 14.2. The standard InChI is InChI=1S/C18H26Cl2N3O2/c19-11-16(24)13-21-7-4-8-22-9-10-23(14-17(25)12-20)18(22)15-5-2-1-3-6-15/h1-3,5-6,9-10,16-17,21,24-25H,4,7-8,11-14H2/q+1. The number of aryl methyl sites for hydroxylation is 1. The Kier molecular flexibility index (Phi) is 8.72. The number of aliphatic hydroxyl groups excluding tert-OH is 2. The van der Waals surface area contributed by atoms with Gasteiger partial charge in [0.1, 0.15) is 25.0 Å². The second kappa shape index (κ2) is 10.8. The molecule has 25 heavy (non-hydrogen) atoms. The molecule has 5 nitrogen and oxygen atoms in total. The maximum Gasteiger partial charge on any atom is 0.288 e. The van der Waals surface area contributed by atoms with E-state index in [0.29, 0.717) is 13.1 Å². The summed E-state index contributed by atoms with van der Waals surface area (Å²) in [6, 6.07) is 10.1. The fourth-order valence-electron chi connectivity index (χ4n) is 2.69. The highest BCUT2D eigenvalue weighted by Crippen LogP contribution is 2.16. The van der Waals surface area contributed by atoms with Crippen molar-refractivity contribution in [2.24, 2.45) is 0 Å². The van der Waals surface area contributed by atoms with Crippen molar-refractivity contribution in [3.8, 4) is 11.4 Å². The molecule has 0 aliphatic heterocycles. The molecular weight excluding hydrogens is 361 g/mol. The summed E-state index contributed by atoms with van der Waals surface area (Å²) >= 11 is 11.3. The minimum absolute atomic E-state index is 0.208. The lowest BCUT2D eigenvalue weighted by Crippen LogP contribution is -2.41. The van der Waals surface area contributed by atoms with Crippen LogP contribution in [-0.2, 0) is 13.1 Å². The first-order chi connectivity index (χ1) is 12.2. The molecule has 1 heterocycles. The molecule has 1 aromatic carbocycles. The fraction of sp³-hybridized carbons (Fsp3) is 0.500. The molecule has 2 atom stereocenters. The summed E-state index contributed by atoms with van der Waals surface area (Å²) in [7, 11) is 0. The number of imidazole rings is 1. The first-order valence-electron chi connectivity index (χ1n) is 8.48. The van der Waals surface area contributed by atoms with E-state index in [-0.39, 0.29) is 11.8 Å². The third-order valence-electron chi connectivity index (χ3n) is 3.90. The van der Waals surface area contributed by atoms with Crippen LogP contribution in [0.1, 0.15) is 6.42 Å². The summed E-state index contributed by atoms with van der Waals surface area (Å²) in [5.41, 5.74) is 1.10. The van der Waals surface area contributed by atoms with E-state index in [1.807, 2.05) is 35.2 Å². The summed E-state index contributed by atoms with van der Waals surface area (Å²) in [4.78, 5) is 0. The number of nitrogens with one attached hydrogen (secondary N) is 1. The third kappa shape index (κ3) is 6.28. The molecule has 3 N–H and O–H groups in total. The van der Waals surface area contributed by atoms with E-state index in [4.69, 9.17) is 23.2 Å². The molecule has 0 saturated heterocycles. The number of hydrogen-bond acceptors (Lipinski definition) is 3. The van der Waals surface area contributed by atoms with Gasteiger partial charge in [-0.1, -0.05) is 18.2 Å². The van der Waals surface area contributed by atoms with Crippen LogP contribution in [0.3, 0.4) is 0 Å². The minimum atomic E-state index is -0.580. The first-order valence-corrected chi connectivity index (χ1v) is 9.55. The Morgan fingerprint density at radius 2 is 1.80 bits per heavy atom. The highest BCUT2D eigenvalue weighted by Gasteiger charge is 2.21. The van der Waals surface area contributed by atoms with Crippen LogP contribution in [0.4, 0.5) is 0 Å². The maximum atomic E-state index is 9.91. The van der Waals surface area contributed by atoms with Gasteiger partial charge in [-0.2, -0.15) is 0 Å². The van der Waals surface area contributed by atoms with Crippen molar-refractivity contribution in [2.45, 2.75) is 31.7 Å². The Morgan fingerprint density at radius 3 is 2.48 bits per heavy atom. The third-order valence-corrected chi connectivity index (χ3v) is 4.61. The molecule has 0 bridgehead atoms. The van der Waals surface area contributed by atoms with E-state index >= 15 is 0 Å². The molecule has 2 rings (SSSR count). The average molecular weight is 387 g/mol. The lowest BCUT2D eigenvalue weighted by Gasteiger charge is -2.09. The maximum absolute atomic E-state index is 9.91. The molecule has 2 aromatic rings. The van der Waals surface area contributed by atoms with E-state index < -0.39 is 12.2 Å². The summed E-state index contributed by atoms with van der Waals surface area (Å²) in [6.45, 7) is 2.59. The summed E-state index contributed by atoms with van der Waals surface area (Å²) in [5, 5.41) is 22.5. The number of aromatic nitrogens is 2. The van der Waals surface area contributed by atoms with Crippen molar-refractivity contribution in [2.75, 3.05) is 24.8 Å². The first kappa shape index (κ1) is 20.2. The van der Waals surface area contributed by atoms with Crippen molar-refractivity contribution in [1.29, 1.82) is 0 Å². The van der Waals surface area contributed by atoms with Crippen LogP contribution in [0, 0.1) is 0 Å². The number of aliphatic hydroxyl groups is 2. The zero-order valence-corrected chi connectivity index (χ0v) is 15.7. The highest BCUT2D eigenvalue weighted by molar-refractivity contribution is 6.18. The normalized spacial score (nSPS) is 13.8. The molecule has 1 aromatic heterocycles. The van der Waals surface area contributed by atoms with Gasteiger partial charge < -0.3 is 15.5 Å². The monoisotopic (exact) mass is 386 g/mol. The molecule has 138 valence electrons. The van der Waals surface area contributed by atoms with Crippen LogP contribution in [0.25, 0.3) is 11.4 Å². The molecular formula is C18H26Cl2N3O2+. The van der Waals surface area contributed by atoms with Gasteiger partial charge in [-0.05, 0) is 25.1 Å². The number of alkyl halides is 2. The summed E-state index contributed by atoms with van der Waals surface area (Å²) < 4.78 is 4.21. The van der Waals surface area contributed by atoms with Crippen LogP contribution in [0.15, 0.2) is 42.7 Å². The Balaban J connectivity index is 2.04. The van der Waals surface area contributed by atoms with Gasteiger partial charge in [0.15, 0.2) is 0 Å². The Bertz CT molecular complexity index is 622. The Morgan fingerprint density at radius 1 is 1.08 bits per heavy atom. The molecule has 0 spiro atoms. The molecule has 7 heteroatoms. The number of rotatable bonds is 11. The van der Waals surface area contributed by atoms with Crippen molar-refractivity contribution >= 4 is 23.2 Å². The molecule has 0 fully saturated rings. The van der Waals surface area contributed by atoms with Gasteiger partial charge >= 0.3 is 0 Å². The van der Waals surface area contributed by atoms with Gasteiger partial charge in [-0.15, -0.1) is 23.2 Å². The molecule has 0 aliphatic rings. The van der Waals surface area contributed by atoms with Gasteiger partial charge in [0.05, 0.1) is 24.1 Å². The summed E-state index contributed by atoms with van der Waals surface area (Å²) in [6.07, 6.45) is 3.83. The van der Waals surface area contributed by atoms with Gasteiger partial charge in [-0.25, -0.2) is 9.13 Å². The van der Waals surface area contributed by atoms with E-state index in [0.717, 1.165) is 30.9 Å². The smallest absolute Gasteiger partial charge is 0.288 e. The number of hydrogen-bond donors (Lipinski definition) is 3. The fourth-order valence-corrected chi connectivity index (χ4v) is 2.89. The topological polar surface area (TPSA) is 61.3 Å². The molecule has 0 amide bonds. The van der Waals surface area contributed by atoms with E-state index in [1.165, 1.54) is 0 Å². The molecule has 0 saturated carbocycles. The lowest BCUT2D eigenvalue weighted by molar-refractivity contribution is -0.691. The van der Waals surface area contributed by atoms with E-state index in [1.54, 1.807) is 0 Å². The van der Waals surface area contributed by atoms with Gasteiger partial charge in [0.2, 0.25) is 0 Å². The van der Waals surface area contributed by atoms with Crippen LogP contribution in [-0.4, -0.2) is 51.8 Å². The Labute approximate surface area is 158 Å². The minimum Gasteiger partial charge on any atom is -0.391 e. The van der Waals surface area contributed by atoms with Crippen LogP contribution in [0.5, 0.6) is 0 Å². The second-order valence-corrected chi connectivity index (χ2v) is 6.62. The highest BCUT2D eigenvalue weighted by atomic mass is 35.5. The van der Waals surface area contributed by atoms with Crippen molar-refractivity contribution in [3.05, 3.63) is 42.7 Å². The van der Waals surface area contributed by atoms with Crippen molar-refractivity contribution in [3.63, 3.8) is 0 Å². The van der Waals surface area contributed by atoms with Crippen LogP contribution < -0.4 is 9.88 Å². The van der Waals surface area contributed by atoms with E-state index in [2.05, 4.69) is 22.0 Å². The zero-order chi connectivity index (χ0) is 18.1. The number of halogens is 2. The Hall–Kier alpha value is -1.11. The SMILES string of the molecule is OC(CCl)CNCCCn1cc[n+](CC(O)CCl)c1-c1ccccc1. The predicted octanol–water partition coefficient (Wildman–Crippen LogP) is 1.62. The summed E-state index contributed by atoms with van der Waals surface area (Å²) in [5.74, 6) is 1.50. The molecule has 2 unspecified atom stereocenters. The van der Waals surface area contributed by atoms with Crippen LogP contribution >= 0.6 is 23.2 Å². The second-order valence-electron chi connectivity index (χ2n) is 6.01. The number of nitrogens with zero attached hydrogens (tertiary/aromatic N) is 2. The largest absolute Gasteiger partial charge is 0.391 e. The average Bonchev–Trinajstić information content (AvgIpc) is 3.04. The molecule has 0 radical (unpaired) electrons. The van der Waals surface area contributed by atoms with Crippen molar-refractivity contribution in [1.82, 2.24) is 9.88 Å². The predicted molar refractivity (Wildman–Crippen MR) is 101 cm³/mol. The number of benzene rings is 1. The molecule has 0 aliphatic carbocycles. The van der Waals surface area contributed by atoms with Crippen molar-refractivity contribution < 1.29 is 14.8 Å². The lowest BCUT2D eigenvalue weighted by atomic mass is 10.2. The van der Waals surface area contributed by atoms with E-state index in [9.17, 15) is 10.2 Å².